The van der Waals surface area contributed by atoms with Crippen molar-refractivity contribution in [3.63, 3.8) is 0 Å². The smallest absolute Gasteiger partial charge is 0.249 e. The number of carbonyl (C=O) groups excluding carboxylic acids is 1. The second-order valence-corrected chi connectivity index (χ2v) is 3.66. The van der Waals surface area contributed by atoms with E-state index in [1.54, 1.807) is 31.2 Å². The molecule has 0 spiro atoms. The third-order valence-corrected chi connectivity index (χ3v) is 2.39. The van der Waals surface area contributed by atoms with E-state index >= 15 is 0 Å². The summed E-state index contributed by atoms with van der Waals surface area (Å²) < 4.78 is 1.49. The molecular formula is C11H13N5O. The largest absolute Gasteiger partial charge is 0.399 e. The standard InChI is InChI=1S/C11H13N5O/c1-8(16-7-13-6-14-16)11(17)15-10-4-2-9(12)3-5-10/h2-8H,12H2,1H3,(H,15,17)/t8-/m1/s1. The molecule has 0 aliphatic rings. The van der Waals surface area contributed by atoms with Gasteiger partial charge in [0, 0.05) is 11.4 Å². The van der Waals surface area contributed by atoms with Gasteiger partial charge in [0.15, 0.2) is 0 Å². The van der Waals surface area contributed by atoms with E-state index in [9.17, 15) is 4.79 Å². The van der Waals surface area contributed by atoms with Gasteiger partial charge in [-0.3, -0.25) is 4.79 Å². The molecule has 0 unspecified atom stereocenters. The van der Waals surface area contributed by atoms with E-state index in [-0.39, 0.29) is 5.91 Å². The normalized spacial score (nSPS) is 12.1. The van der Waals surface area contributed by atoms with E-state index in [1.165, 1.54) is 17.3 Å². The average molecular weight is 231 g/mol. The topological polar surface area (TPSA) is 85.8 Å². The monoisotopic (exact) mass is 231 g/mol. The summed E-state index contributed by atoms with van der Waals surface area (Å²) in [5.74, 6) is -0.153. The molecule has 3 N–H and O–H groups in total. The molecule has 17 heavy (non-hydrogen) atoms. The molecule has 1 heterocycles. The number of anilines is 2. The number of amides is 1. The third-order valence-electron chi connectivity index (χ3n) is 2.39. The molecule has 0 radical (unpaired) electrons. The molecule has 0 saturated carbocycles. The molecule has 0 aliphatic carbocycles. The molecule has 88 valence electrons. The Labute approximate surface area is 98.5 Å². The number of nitrogens with one attached hydrogen (secondary N) is 1. The Bertz CT molecular complexity index is 491. The average Bonchev–Trinajstić information content (AvgIpc) is 2.84. The fourth-order valence-corrected chi connectivity index (χ4v) is 1.35. The molecule has 0 fully saturated rings. The SMILES string of the molecule is C[C@H](C(=O)Nc1ccc(N)cc1)n1cncn1. The van der Waals surface area contributed by atoms with Gasteiger partial charge in [0.05, 0.1) is 0 Å². The quantitative estimate of drug-likeness (QED) is 0.773. The van der Waals surface area contributed by atoms with Crippen molar-refractivity contribution in [2.24, 2.45) is 0 Å². The Hall–Kier alpha value is -2.37. The zero-order chi connectivity index (χ0) is 12.3. The Morgan fingerprint density at radius 3 is 2.71 bits per heavy atom. The minimum Gasteiger partial charge on any atom is -0.399 e. The molecule has 1 amide bonds. The fourth-order valence-electron chi connectivity index (χ4n) is 1.35. The number of aromatic nitrogens is 3. The van der Waals surface area contributed by atoms with Crippen LogP contribution in [0.25, 0.3) is 0 Å². The highest BCUT2D eigenvalue weighted by Crippen LogP contribution is 2.13. The van der Waals surface area contributed by atoms with Gasteiger partial charge in [0.25, 0.3) is 0 Å². The van der Waals surface area contributed by atoms with E-state index in [2.05, 4.69) is 15.4 Å². The van der Waals surface area contributed by atoms with Gasteiger partial charge in [-0.05, 0) is 31.2 Å². The maximum absolute atomic E-state index is 11.9. The molecule has 1 aromatic heterocycles. The lowest BCUT2D eigenvalue weighted by Crippen LogP contribution is -2.23. The Balaban J connectivity index is 2.04. The van der Waals surface area contributed by atoms with Crippen LogP contribution < -0.4 is 11.1 Å². The summed E-state index contributed by atoms with van der Waals surface area (Å²) in [7, 11) is 0. The van der Waals surface area contributed by atoms with Crippen molar-refractivity contribution in [1.29, 1.82) is 0 Å². The highest BCUT2D eigenvalue weighted by atomic mass is 16.2. The molecule has 6 nitrogen and oxygen atoms in total. The van der Waals surface area contributed by atoms with Crippen molar-refractivity contribution in [2.75, 3.05) is 11.1 Å². The number of rotatable bonds is 3. The first-order valence-corrected chi connectivity index (χ1v) is 5.17. The van der Waals surface area contributed by atoms with Crippen molar-refractivity contribution < 1.29 is 4.79 Å². The van der Waals surface area contributed by atoms with Crippen LogP contribution in [0, 0.1) is 0 Å². The summed E-state index contributed by atoms with van der Waals surface area (Å²) in [5, 5.41) is 6.69. The number of hydrogen-bond acceptors (Lipinski definition) is 4. The first-order valence-electron chi connectivity index (χ1n) is 5.17. The highest BCUT2D eigenvalue weighted by Gasteiger charge is 2.15. The lowest BCUT2D eigenvalue weighted by Gasteiger charge is -2.12. The lowest BCUT2D eigenvalue weighted by atomic mass is 10.2. The number of carbonyl (C=O) groups is 1. The van der Waals surface area contributed by atoms with E-state index in [4.69, 9.17) is 5.73 Å². The molecular weight excluding hydrogens is 218 g/mol. The number of hydrogen-bond donors (Lipinski definition) is 2. The third kappa shape index (κ3) is 2.60. The first kappa shape index (κ1) is 11.1. The molecule has 0 saturated heterocycles. The molecule has 2 aromatic rings. The Morgan fingerprint density at radius 2 is 2.12 bits per heavy atom. The van der Waals surface area contributed by atoms with Crippen LogP contribution in [-0.2, 0) is 4.79 Å². The minimum absolute atomic E-state index is 0.153. The van der Waals surface area contributed by atoms with Crippen molar-refractivity contribution in [3.05, 3.63) is 36.9 Å². The number of nitrogens with two attached hydrogens (primary N) is 1. The van der Waals surface area contributed by atoms with Crippen LogP contribution >= 0.6 is 0 Å². The van der Waals surface area contributed by atoms with Gasteiger partial charge in [-0.2, -0.15) is 5.10 Å². The van der Waals surface area contributed by atoms with Crippen LogP contribution in [0.3, 0.4) is 0 Å². The second-order valence-electron chi connectivity index (χ2n) is 3.66. The summed E-state index contributed by atoms with van der Waals surface area (Å²) in [6.07, 6.45) is 2.90. The van der Waals surface area contributed by atoms with Crippen LogP contribution in [-0.4, -0.2) is 20.7 Å². The van der Waals surface area contributed by atoms with Gasteiger partial charge < -0.3 is 11.1 Å². The summed E-state index contributed by atoms with van der Waals surface area (Å²) >= 11 is 0. The fraction of sp³-hybridized carbons (Fsp3) is 0.182. The zero-order valence-corrected chi connectivity index (χ0v) is 9.37. The van der Waals surface area contributed by atoms with Crippen LogP contribution in [0.1, 0.15) is 13.0 Å². The van der Waals surface area contributed by atoms with E-state index in [0.717, 1.165) is 0 Å². The lowest BCUT2D eigenvalue weighted by molar-refractivity contribution is -0.119. The van der Waals surface area contributed by atoms with Gasteiger partial charge in [-0.25, -0.2) is 9.67 Å². The van der Waals surface area contributed by atoms with E-state index < -0.39 is 6.04 Å². The Morgan fingerprint density at radius 1 is 1.41 bits per heavy atom. The van der Waals surface area contributed by atoms with Gasteiger partial charge in [-0.1, -0.05) is 0 Å². The minimum atomic E-state index is -0.407. The summed E-state index contributed by atoms with van der Waals surface area (Å²) in [6.45, 7) is 1.75. The van der Waals surface area contributed by atoms with E-state index in [0.29, 0.717) is 11.4 Å². The van der Waals surface area contributed by atoms with E-state index in [1.807, 2.05) is 0 Å². The summed E-state index contributed by atoms with van der Waals surface area (Å²) in [4.78, 5) is 15.7. The van der Waals surface area contributed by atoms with Crippen LogP contribution in [0.4, 0.5) is 11.4 Å². The van der Waals surface area contributed by atoms with Crippen molar-refractivity contribution in [2.45, 2.75) is 13.0 Å². The molecule has 6 heteroatoms. The summed E-state index contributed by atoms with van der Waals surface area (Å²) in [6, 6.07) is 6.56. The van der Waals surface area contributed by atoms with Crippen molar-refractivity contribution >= 4 is 17.3 Å². The van der Waals surface area contributed by atoms with Gasteiger partial charge in [-0.15, -0.1) is 0 Å². The maximum Gasteiger partial charge on any atom is 0.249 e. The van der Waals surface area contributed by atoms with Gasteiger partial charge in [0.1, 0.15) is 18.7 Å². The number of benzene rings is 1. The summed E-state index contributed by atoms with van der Waals surface area (Å²) in [5.41, 5.74) is 6.92. The first-order chi connectivity index (χ1) is 8.16. The molecule has 1 atom stereocenters. The molecule has 0 aliphatic heterocycles. The van der Waals surface area contributed by atoms with Crippen LogP contribution in [0.15, 0.2) is 36.9 Å². The maximum atomic E-state index is 11.9. The zero-order valence-electron chi connectivity index (χ0n) is 9.37. The van der Waals surface area contributed by atoms with Crippen molar-refractivity contribution in [3.8, 4) is 0 Å². The Kier molecular flexibility index (Phi) is 3.04. The predicted octanol–water partition coefficient (Wildman–Crippen LogP) is 1.06. The molecule has 0 bridgehead atoms. The molecule has 1 aromatic carbocycles. The number of nitrogens with zero attached hydrogens (tertiary/aromatic N) is 3. The molecule has 2 rings (SSSR count). The van der Waals surface area contributed by atoms with Crippen molar-refractivity contribution in [1.82, 2.24) is 14.8 Å². The van der Waals surface area contributed by atoms with Crippen LogP contribution in [0.2, 0.25) is 0 Å². The van der Waals surface area contributed by atoms with Gasteiger partial charge in [0.2, 0.25) is 5.91 Å². The predicted molar refractivity (Wildman–Crippen MR) is 64.2 cm³/mol. The van der Waals surface area contributed by atoms with Crippen LogP contribution in [0.5, 0.6) is 0 Å². The second kappa shape index (κ2) is 4.65. The highest BCUT2D eigenvalue weighted by molar-refractivity contribution is 5.93. The van der Waals surface area contributed by atoms with Gasteiger partial charge >= 0.3 is 0 Å². The number of nitrogen functional groups attached to an aromatic ring is 1.